The van der Waals surface area contributed by atoms with E-state index in [2.05, 4.69) is 32.9 Å². The van der Waals surface area contributed by atoms with E-state index in [9.17, 15) is 15.1 Å². The highest BCUT2D eigenvalue weighted by molar-refractivity contribution is 5.90. The SMILES string of the molecule is Cc1cccc(-c2ncc3c(c2CCC(C)C)C[N+]([O-])(CCCO)C(=O)N3C)c1. The van der Waals surface area contributed by atoms with Crippen LogP contribution < -0.4 is 4.90 Å². The normalized spacial score (nSPS) is 19.0. The van der Waals surface area contributed by atoms with E-state index in [0.717, 1.165) is 46.5 Å². The van der Waals surface area contributed by atoms with Crippen LogP contribution in [0.2, 0.25) is 0 Å². The summed E-state index contributed by atoms with van der Waals surface area (Å²) < 4.78 is -0.962. The lowest BCUT2D eigenvalue weighted by Gasteiger charge is -2.46. The van der Waals surface area contributed by atoms with Crippen LogP contribution >= 0.6 is 0 Å². The molecule has 29 heavy (non-hydrogen) atoms. The number of aryl methyl sites for hydroxylation is 1. The topological polar surface area (TPSA) is 76.5 Å². The van der Waals surface area contributed by atoms with Gasteiger partial charge in [0.15, 0.2) is 0 Å². The Labute approximate surface area is 173 Å². The van der Waals surface area contributed by atoms with E-state index >= 15 is 0 Å². The van der Waals surface area contributed by atoms with Crippen LogP contribution in [0.1, 0.15) is 43.4 Å². The van der Waals surface area contributed by atoms with E-state index < -0.39 is 10.7 Å². The predicted molar refractivity (Wildman–Crippen MR) is 115 cm³/mol. The van der Waals surface area contributed by atoms with Gasteiger partial charge in [-0.25, -0.2) is 4.79 Å². The van der Waals surface area contributed by atoms with Gasteiger partial charge in [0.25, 0.3) is 0 Å². The van der Waals surface area contributed by atoms with Crippen LogP contribution in [-0.2, 0) is 13.0 Å². The highest BCUT2D eigenvalue weighted by Gasteiger charge is 2.40. The fourth-order valence-electron chi connectivity index (χ4n) is 3.99. The van der Waals surface area contributed by atoms with Gasteiger partial charge in [-0.1, -0.05) is 37.6 Å². The average Bonchev–Trinajstić information content (AvgIpc) is 2.69. The quantitative estimate of drug-likeness (QED) is 0.554. The minimum absolute atomic E-state index is 0.0742. The number of hydroxylamine groups is 3. The maximum atomic E-state index is 13.4. The average molecular weight is 398 g/mol. The molecule has 2 aromatic rings. The molecule has 1 N–H and O–H groups in total. The summed E-state index contributed by atoms with van der Waals surface area (Å²) in [5, 5.41) is 22.6. The lowest BCUT2D eigenvalue weighted by molar-refractivity contribution is -0.813. The summed E-state index contributed by atoms with van der Waals surface area (Å²) in [6.45, 7) is 6.48. The summed E-state index contributed by atoms with van der Waals surface area (Å²) in [4.78, 5) is 18.9. The van der Waals surface area contributed by atoms with Crippen molar-refractivity contribution < 1.29 is 14.5 Å². The van der Waals surface area contributed by atoms with Crippen LogP contribution in [0, 0.1) is 18.0 Å². The summed E-state index contributed by atoms with van der Waals surface area (Å²) in [5.41, 5.74) is 5.77. The zero-order valence-electron chi connectivity index (χ0n) is 17.8. The van der Waals surface area contributed by atoms with Gasteiger partial charge in [0, 0.05) is 31.2 Å². The van der Waals surface area contributed by atoms with Gasteiger partial charge in [-0.3, -0.25) is 14.5 Å². The predicted octanol–water partition coefficient (Wildman–Crippen LogP) is 4.41. The maximum absolute atomic E-state index is 13.4. The molecule has 0 spiro atoms. The summed E-state index contributed by atoms with van der Waals surface area (Å²) in [5.74, 6) is 0.514. The van der Waals surface area contributed by atoms with Gasteiger partial charge in [0.2, 0.25) is 0 Å². The number of aliphatic hydroxyl groups is 1. The van der Waals surface area contributed by atoms with Gasteiger partial charge in [-0.05, 0) is 37.3 Å². The molecule has 6 heteroatoms. The summed E-state index contributed by atoms with van der Waals surface area (Å²) >= 11 is 0. The number of hydrogen-bond acceptors (Lipinski definition) is 4. The minimum Gasteiger partial charge on any atom is -0.624 e. The summed E-state index contributed by atoms with van der Waals surface area (Å²) in [7, 11) is 1.64. The van der Waals surface area contributed by atoms with Crippen molar-refractivity contribution in [2.24, 2.45) is 5.92 Å². The van der Waals surface area contributed by atoms with Crippen LogP contribution in [0.5, 0.6) is 0 Å². The van der Waals surface area contributed by atoms with Crippen LogP contribution in [0.25, 0.3) is 11.3 Å². The molecule has 0 saturated carbocycles. The summed E-state index contributed by atoms with van der Waals surface area (Å²) in [6.07, 6.45) is 3.80. The zero-order valence-corrected chi connectivity index (χ0v) is 17.8. The number of aromatic nitrogens is 1. The van der Waals surface area contributed by atoms with Gasteiger partial charge >= 0.3 is 6.03 Å². The number of rotatable bonds is 7. The first-order valence-electron chi connectivity index (χ1n) is 10.3. The first-order chi connectivity index (χ1) is 13.8. The molecule has 0 radical (unpaired) electrons. The van der Waals surface area contributed by atoms with E-state index in [1.807, 2.05) is 12.1 Å². The van der Waals surface area contributed by atoms with Gasteiger partial charge < -0.3 is 10.3 Å². The third-order valence-electron chi connectivity index (χ3n) is 5.63. The first-order valence-corrected chi connectivity index (χ1v) is 10.3. The number of hydrogen-bond donors (Lipinski definition) is 1. The third-order valence-corrected chi connectivity index (χ3v) is 5.63. The smallest absolute Gasteiger partial charge is 0.423 e. The van der Waals surface area contributed by atoms with Crippen molar-refractivity contribution in [3.05, 3.63) is 52.4 Å². The van der Waals surface area contributed by atoms with Crippen LogP contribution in [-0.4, -0.2) is 41.0 Å². The maximum Gasteiger partial charge on any atom is 0.423 e. The molecule has 1 aromatic heterocycles. The number of carbonyl (C=O) groups is 1. The number of amides is 2. The number of benzene rings is 1. The Bertz CT molecular complexity index is 897. The van der Waals surface area contributed by atoms with E-state index in [1.54, 1.807) is 13.2 Å². The fraction of sp³-hybridized carbons (Fsp3) is 0.478. The van der Waals surface area contributed by atoms with Crippen molar-refractivity contribution in [1.29, 1.82) is 0 Å². The van der Waals surface area contributed by atoms with Gasteiger partial charge in [0.05, 0.1) is 24.1 Å². The van der Waals surface area contributed by atoms with Crippen molar-refractivity contribution in [2.45, 2.75) is 46.6 Å². The van der Waals surface area contributed by atoms with E-state index in [0.29, 0.717) is 12.3 Å². The molecule has 1 unspecified atom stereocenters. The molecule has 0 fully saturated rings. The second kappa shape index (κ2) is 8.61. The molecule has 1 atom stereocenters. The molecule has 2 heterocycles. The molecule has 0 aliphatic carbocycles. The van der Waals surface area contributed by atoms with Crippen molar-refractivity contribution >= 4 is 11.7 Å². The number of pyridine rings is 1. The number of aliphatic hydroxyl groups excluding tert-OH is 1. The standard InChI is InChI=1S/C23H31N3O3/c1-16(2)9-10-19-20-15-26(29,11-6-12-27)23(28)25(4)21(20)14-24-22(19)18-8-5-7-17(3)13-18/h5,7-8,13-14,16,27H,6,9-12,15H2,1-4H3. The third kappa shape index (κ3) is 4.34. The van der Waals surface area contributed by atoms with Crippen molar-refractivity contribution in [3.63, 3.8) is 0 Å². The van der Waals surface area contributed by atoms with Crippen LogP contribution in [0.4, 0.5) is 10.5 Å². The monoisotopic (exact) mass is 397 g/mol. The van der Waals surface area contributed by atoms with E-state index in [-0.39, 0.29) is 19.7 Å². The molecule has 1 aromatic carbocycles. The molecule has 0 saturated heterocycles. The second-order valence-electron chi connectivity index (χ2n) is 8.44. The number of quaternary nitrogens is 1. The lowest BCUT2D eigenvalue weighted by Crippen LogP contribution is -2.57. The Morgan fingerprint density at radius 1 is 1.34 bits per heavy atom. The largest absolute Gasteiger partial charge is 0.624 e. The molecular weight excluding hydrogens is 366 g/mol. The highest BCUT2D eigenvalue weighted by Crippen LogP contribution is 2.38. The van der Waals surface area contributed by atoms with Crippen molar-refractivity contribution in [1.82, 2.24) is 4.98 Å². The minimum atomic E-state index is -0.962. The Hall–Kier alpha value is -2.28. The van der Waals surface area contributed by atoms with Crippen LogP contribution in [0.15, 0.2) is 30.5 Å². The zero-order chi connectivity index (χ0) is 21.2. The molecule has 3 rings (SSSR count). The molecule has 1 aliphatic rings. The van der Waals surface area contributed by atoms with Gasteiger partial charge in [-0.2, -0.15) is 0 Å². The fourth-order valence-corrected chi connectivity index (χ4v) is 3.99. The number of urea groups is 1. The van der Waals surface area contributed by atoms with Crippen LogP contribution in [0.3, 0.4) is 0 Å². The highest BCUT2D eigenvalue weighted by atomic mass is 16.6. The molecule has 156 valence electrons. The van der Waals surface area contributed by atoms with Gasteiger partial charge in [-0.15, -0.1) is 0 Å². The molecule has 6 nitrogen and oxygen atoms in total. The first kappa shape index (κ1) is 21.4. The van der Waals surface area contributed by atoms with E-state index in [1.165, 1.54) is 4.90 Å². The lowest BCUT2D eigenvalue weighted by atomic mass is 9.91. The Kier molecular flexibility index (Phi) is 6.36. The number of nitrogens with zero attached hydrogens (tertiary/aromatic N) is 3. The molecule has 2 amide bonds. The van der Waals surface area contributed by atoms with Crippen molar-refractivity contribution in [3.8, 4) is 11.3 Å². The second-order valence-corrected chi connectivity index (χ2v) is 8.44. The molecular formula is C23H31N3O3. The Balaban J connectivity index is 2.15. The summed E-state index contributed by atoms with van der Waals surface area (Å²) in [6, 6.07) is 7.73. The number of anilines is 1. The van der Waals surface area contributed by atoms with Crippen molar-refractivity contribution in [2.75, 3.05) is 25.1 Å². The number of fused-ring (bicyclic) bond motifs is 1. The Morgan fingerprint density at radius 3 is 2.76 bits per heavy atom. The molecule has 0 bridgehead atoms. The number of carbonyl (C=O) groups excluding carboxylic acids is 1. The van der Waals surface area contributed by atoms with E-state index in [4.69, 9.17) is 4.98 Å². The Morgan fingerprint density at radius 2 is 2.10 bits per heavy atom. The molecule has 1 aliphatic heterocycles. The van der Waals surface area contributed by atoms with Gasteiger partial charge in [0.1, 0.15) is 6.54 Å².